The zero-order valence-corrected chi connectivity index (χ0v) is 17.8. The Balaban J connectivity index is 1.27. The lowest BCUT2D eigenvalue weighted by atomic mass is 9.89. The first-order valence-corrected chi connectivity index (χ1v) is 10.9. The molecule has 0 unspecified atom stereocenters. The lowest BCUT2D eigenvalue weighted by molar-refractivity contribution is -0.141. The Hall–Kier alpha value is -1.95. The summed E-state index contributed by atoms with van der Waals surface area (Å²) >= 11 is 0. The Morgan fingerprint density at radius 2 is 1.83 bits per heavy atom. The van der Waals surface area contributed by atoms with Crippen LogP contribution in [0.2, 0.25) is 0 Å². The van der Waals surface area contributed by atoms with Crippen LogP contribution >= 0.6 is 0 Å². The van der Waals surface area contributed by atoms with Crippen molar-refractivity contribution < 1.29 is 13.7 Å². The highest BCUT2D eigenvalue weighted by Gasteiger charge is 2.32. The number of carbonyl (C=O) groups is 1. The van der Waals surface area contributed by atoms with Crippen molar-refractivity contribution in [3.05, 3.63) is 29.7 Å². The minimum atomic E-state index is -0.287. The summed E-state index contributed by atoms with van der Waals surface area (Å²) in [4.78, 5) is 17.1. The van der Waals surface area contributed by atoms with Crippen LogP contribution in [-0.2, 0) is 4.79 Å². The van der Waals surface area contributed by atoms with E-state index in [-0.39, 0.29) is 17.1 Å². The maximum atomic E-state index is 13.4. The Labute approximate surface area is 172 Å². The number of piperidine rings is 2. The second kappa shape index (κ2) is 8.05. The van der Waals surface area contributed by atoms with E-state index in [0.29, 0.717) is 17.4 Å². The maximum Gasteiger partial charge on any atom is 0.227 e. The van der Waals surface area contributed by atoms with Crippen molar-refractivity contribution in [2.45, 2.75) is 52.4 Å². The molecule has 1 aromatic carbocycles. The van der Waals surface area contributed by atoms with E-state index in [4.69, 9.17) is 4.52 Å². The predicted octanol–water partition coefficient (Wildman–Crippen LogP) is 4.43. The largest absolute Gasteiger partial charge is 0.356 e. The van der Waals surface area contributed by atoms with Crippen LogP contribution in [-0.4, -0.2) is 53.6 Å². The number of carbonyl (C=O) groups excluding carboxylic acids is 1. The van der Waals surface area contributed by atoms with Gasteiger partial charge in [-0.25, -0.2) is 4.39 Å². The van der Waals surface area contributed by atoms with E-state index < -0.39 is 0 Å². The number of hydrogen-bond acceptors (Lipinski definition) is 4. The Bertz CT molecular complexity index is 857. The molecule has 29 heavy (non-hydrogen) atoms. The van der Waals surface area contributed by atoms with E-state index >= 15 is 0 Å². The molecule has 4 rings (SSSR count). The SMILES string of the molecule is CC(C)(C)C(=O)N1CCC(CN2CCC(c3noc4cc(F)ccc34)CC2)CC1. The smallest absolute Gasteiger partial charge is 0.227 e. The second-order valence-electron chi connectivity index (χ2n) is 9.77. The minimum absolute atomic E-state index is 0.275. The van der Waals surface area contributed by atoms with Crippen molar-refractivity contribution in [2.75, 3.05) is 32.7 Å². The van der Waals surface area contributed by atoms with Gasteiger partial charge in [0.1, 0.15) is 5.82 Å². The van der Waals surface area contributed by atoms with Crippen molar-refractivity contribution in [1.29, 1.82) is 0 Å². The number of likely N-dealkylation sites (tertiary alicyclic amines) is 2. The van der Waals surface area contributed by atoms with Crippen LogP contribution < -0.4 is 0 Å². The highest BCUT2D eigenvalue weighted by molar-refractivity contribution is 5.81. The highest BCUT2D eigenvalue weighted by Crippen LogP contribution is 2.33. The van der Waals surface area contributed by atoms with E-state index in [2.05, 4.69) is 10.1 Å². The van der Waals surface area contributed by atoms with Crippen LogP contribution in [0, 0.1) is 17.2 Å². The number of hydrogen-bond donors (Lipinski definition) is 0. The van der Waals surface area contributed by atoms with Gasteiger partial charge in [0.05, 0.1) is 5.69 Å². The molecule has 1 aromatic heterocycles. The van der Waals surface area contributed by atoms with Crippen molar-refractivity contribution in [2.24, 2.45) is 11.3 Å². The zero-order valence-electron chi connectivity index (χ0n) is 17.8. The van der Waals surface area contributed by atoms with Gasteiger partial charge < -0.3 is 14.3 Å². The quantitative estimate of drug-likeness (QED) is 0.763. The van der Waals surface area contributed by atoms with E-state index in [1.807, 2.05) is 25.7 Å². The summed E-state index contributed by atoms with van der Waals surface area (Å²) in [5, 5.41) is 5.19. The molecule has 0 bridgehead atoms. The van der Waals surface area contributed by atoms with Gasteiger partial charge in [-0.2, -0.15) is 0 Å². The molecule has 6 heteroatoms. The summed E-state index contributed by atoms with van der Waals surface area (Å²) in [6, 6.07) is 4.68. The molecular formula is C23H32FN3O2. The van der Waals surface area contributed by atoms with E-state index in [9.17, 15) is 9.18 Å². The molecule has 0 radical (unpaired) electrons. The molecular weight excluding hydrogens is 369 g/mol. The monoisotopic (exact) mass is 401 g/mol. The molecule has 158 valence electrons. The topological polar surface area (TPSA) is 49.6 Å². The van der Waals surface area contributed by atoms with Gasteiger partial charge in [-0.3, -0.25) is 4.79 Å². The first kappa shape index (κ1) is 20.3. The molecule has 2 aliphatic heterocycles. The summed E-state index contributed by atoms with van der Waals surface area (Å²) in [5.74, 6) is 1.04. The molecule has 2 aliphatic rings. The Kier molecular flexibility index (Phi) is 5.65. The summed E-state index contributed by atoms with van der Waals surface area (Å²) in [6.45, 7) is 11.0. The van der Waals surface area contributed by atoms with Gasteiger partial charge in [0, 0.05) is 42.4 Å². The van der Waals surface area contributed by atoms with Gasteiger partial charge >= 0.3 is 0 Å². The Morgan fingerprint density at radius 3 is 2.48 bits per heavy atom. The van der Waals surface area contributed by atoms with Crippen LogP contribution in [0.3, 0.4) is 0 Å². The van der Waals surface area contributed by atoms with E-state index in [1.54, 1.807) is 6.07 Å². The molecule has 1 amide bonds. The fraction of sp³-hybridized carbons (Fsp3) is 0.652. The summed E-state index contributed by atoms with van der Waals surface area (Å²) < 4.78 is 18.7. The van der Waals surface area contributed by atoms with Crippen molar-refractivity contribution in [3.63, 3.8) is 0 Å². The molecule has 0 N–H and O–H groups in total. The minimum Gasteiger partial charge on any atom is -0.356 e. The van der Waals surface area contributed by atoms with Gasteiger partial charge in [-0.15, -0.1) is 0 Å². The lowest BCUT2D eigenvalue weighted by Gasteiger charge is -2.39. The number of aromatic nitrogens is 1. The number of benzene rings is 1. The predicted molar refractivity (Wildman–Crippen MR) is 111 cm³/mol. The third-order valence-corrected chi connectivity index (χ3v) is 6.50. The molecule has 5 nitrogen and oxygen atoms in total. The first-order chi connectivity index (χ1) is 13.8. The fourth-order valence-electron chi connectivity index (χ4n) is 4.77. The van der Waals surface area contributed by atoms with Crippen molar-refractivity contribution >= 4 is 16.9 Å². The fourth-order valence-corrected chi connectivity index (χ4v) is 4.77. The van der Waals surface area contributed by atoms with Gasteiger partial charge in [0.25, 0.3) is 0 Å². The molecule has 2 fully saturated rings. The third kappa shape index (κ3) is 4.47. The average molecular weight is 402 g/mol. The van der Waals surface area contributed by atoms with Gasteiger partial charge in [0.15, 0.2) is 5.58 Å². The van der Waals surface area contributed by atoms with Gasteiger partial charge in [-0.05, 0) is 56.8 Å². The normalized spacial score (nSPS) is 20.5. The molecule has 2 saturated heterocycles. The van der Waals surface area contributed by atoms with Crippen molar-refractivity contribution in [1.82, 2.24) is 15.0 Å². The average Bonchev–Trinajstić information content (AvgIpc) is 3.11. The molecule has 0 saturated carbocycles. The van der Waals surface area contributed by atoms with E-state index in [1.165, 1.54) is 12.1 Å². The standard InChI is InChI=1S/C23H32FN3O2/c1-23(2,3)22(28)27-12-6-16(7-13-27)15-26-10-8-17(9-11-26)21-19-5-4-18(24)14-20(19)29-25-21/h4-5,14,16-17H,6-13,15H2,1-3H3. The van der Waals surface area contributed by atoms with Crippen LogP contribution in [0.5, 0.6) is 0 Å². The number of amides is 1. The molecule has 0 spiro atoms. The summed E-state index contributed by atoms with van der Waals surface area (Å²) in [6.07, 6.45) is 4.31. The van der Waals surface area contributed by atoms with Crippen LogP contribution in [0.4, 0.5) is 4.39 Å². The maximum absolute atomic E-state index is 13.4. The Morgan fingerprint density at radius 1 is 1.14 bits per heavy atom. The van der Waals surface area contributed by atoms with Crippen LogP contribution in [0.15, 0.2) is 22.7 Å². The number of nitrogens with zero attached hydrogens (tertiary/aromatic N) is 3. The summed E-state index contributed by atoms with van der Waals surface area (Å²) in [5.41, 5.74) is 1.24. The van der Waals surface area contributed by atoms with E-state index in [0.717, 1.165) is 69.5 Å². The molecule has 3 heterocycles. The van der Waals surface area contributed by atoms with Crippen LogP contribution in [0.25, 0.3) is 11.0 Å². The third-order valence-electron chi connectivity index (χ3n) is 6.50. The molecule has 2 aromatic rings. The van der Waals surface area contributed by atoms with Gasteiger partial charge in [0.2, 0.25) is 5.91 Å². The van der Waals surface area contributed by atoms with Gasteiger partial charge in [-0.1, -0.05) is 25.9 Å². The second-order valence-corrected chi connectivity index (χ2v) is 9.77. The summed E-state index contributed by atoms with van der Waals surface area (Å²) in [7, 11) is 0. The zero-order chi connectivity index (χ0) is 20.6. The van der Waals surface area contributed by atoms with Crippen molar-refractivity contribution in [3.8, 4) is 0 Å². The molecule has 0 aliphatic carbocycles. The highest BCUT2D eigenvalue weighted by atomic mass is 19.1. The lowest BCUT2D eigenvalue weighted by Crippen LogP contribution is -2.46. The number of halogens is 1. The molecule has 0 atom stereocenters. The number of rotatable bonds is 3. The first-order valence-electron chi connectivity index (χ1n) is 10.9. The van der Waals surface area contributed by atoms with Crippen LogP contribution in [0.1, 0.15) is 58.1 Å². The number of fused-ring (bicyclic) bond motifs is 1.